The van der Waals surface area contributed by atoms with Gasteiger partial charge in [0.05, 0.1) is 6.10 Å². The molecule has 1 unspecified atom stereocenters. The molecule has 2 rings (SSSR count). The van der Waals surface area contributed by atoms with Crippen LogP contribution in [0.4, 0.5) is 10.1 Å². The van der Waals surface area contributed by atoms with Crippen molar-refractivity contribution in [2.75, 3.05) is 11.4 Å². The number of rotatable bonds is 2. The third kappa shape index (κ3) is 2.51. The van der Waals surface area contributed by atoms with E-state index in [1.54, 1.807) is 13.8 Å². The van der Waals surface area contributed by atoms with Gasteiger partial charge < -0.3 is 10.0 Å². The van der Waals surface area contributed by atoms with Crippen molar-refractivity contribution in [2.45, 2.75) is 52.2 Å². The number of benzene rings is 1. The molecule has 0 aliphatic carbocycles. The smallest absolute Gasteiger partial charge is 0.126 e. The van der Waals surface area contributed by atoms with Crippen molar-refractivity contribution in [3.05, 3.63) is 29.1 Å². The molecule has 100 valence electrons. The molecule has 18 heavy (non-hydrogen) atoms. The third-order valence-electron chi connectivity index (χ3n) is 3.87. The molecular formula is C15H22FNO. The fraction of sp³-hybridized carbons (Fsp3) is 0.600. The normalized spacial score (nSPS) is 22.1. The Bertz CT molecular complexity index is 431. The van der Waals surface area contributed by atoms with Crippen LogP contribution in [0.5, 0.6) is 0 Å². The molecule has 0 amide bonds. The van der Waals surface area contributed by atoms with Crippen molar-refractivity contribution < 1.29 is 9.50 Å². The summed E-state index contributed by atoms with van der Waals surface area (Å²) in [5.41, 5.74) is 2.34. The molecule has 3 heteroatoms. The van der Waals surface area contributed by atoms with Gasteiger partial charge in [-0.3, -0.25) is 0 Å². The zero-order chi connectivity index (χ0) is 13.3. The number of aryl methyl sites for hydroxylation is 1. The van der Waals surface area contributed by atoms with Crippen LogP contribution in [0.3, 0.4) is 0 Å². The number of anilines is 1. The number of aliphatic hydroxyl groups excluding tert-OH is 1. The molecule has 1 fully saturated rings. The average molecular weight is 251 g/mol. The Morgan fingerprint density at radius 3 is 2.72 bits per heavy atom. The molecule has 0 aromatic heterocycles. The summed E-state index contributed by atoms with van der Waals surface area (Å²) in [6.07, 6.45) is 2.95. The average Bonchev–Trinajstić information content (AvgIpc) is 2.32. The van der Waals surface area contributed by atoms with E-state index in [-0.39, 0.29) is 5.82 Å². The van der Waals surface area contributed by atoms with E-state index in [0.29, 0.717) is 17.2 Å². The molecular weight excluding hydrogens is 229 g/mol. The second-order valence-electron chi connectivity index (χ2n) is 5.37. The van der Waals surface area contributed by atoms with Gasteiger partial charge in [0.2, 0.25) is 0 Å². The Labute approximate surface area is 108 Å². The summed E-state index contributed by atoms with van der Waals surface area (Å²) in [6.45, 7) is 6.66. The molecule has 0 saturated carbocycles. The Morgan fingerprint density at radius 1 is 1.39 bits per heavy atom. The first-order valence-electron chi connectivity index (χ1n) is 6.75. The lowest BCUT2D eigenvalue weighted by Crippen LogP contribution is -2.38. The van der Waals surface area contributed by atoms with Gasteiger partial charge >= 0.3 is 0 Å². The minimum Gasteiger partial charge on any atom is -0.389 e. The van der Waals surface area contributed by atoms with E-state index in [1.807, 2.05) is 6.07 Å². The molecule has 1 aromatic rings. The van der Waals surface area contributed by atoms with Crippen molar-refractivity contribution in [3.63, 3.8) is 0 Å². The summed E-state index contributed by atoms with van der Waals surface area (Å²) in [4.78, 5) is 2.30. The van der Waals surface area contributed by atoms with Crippen LogP contribution in [-0.4, -0.2) is 17.7 Å². The molecule has 0 radical (unpaired) electrons. The van der Waals surface area contributed by atoms with E-state index in [4.69, 9.17) is 0 Å². The highest BCUT2D eigenvalue weighted by Crippen LogP contribution is 2.33. The van der Waals surface area contributed by atoms with Gasteiger partial charge in [-0.15, -0.1) is 0 Å². The fourth-order valence-corrected chi connectivity index (χ4v) is 2.72. The summed E-state index contributed by atoms with van der Waals surface area (Å²) >= 11 is 0. The molecule has 2 atom stereocenters. The molecule has 1 heterocycles. The van der Waals surface area contributed by atoms with Gasteiger partial charge in [0.25, 0.3) is 0 Å². The molecule has 1 aliphatic heterocycles. The van der Waals surface area contributed by atoms with Gasteiger partial charge in [0, 0.05) is 23.8 Å². The molecule has 0 spiro atoms. The minimum atomic E-state index is -0.635. The van der Waals surface area contributed by atoms with E-state index >= 15 is 0 Å². The Morgan fingerprint density at radius 2 is 2.11 bits per heavy atom. The summed E-state index contributed by atoms with van der Waals surface area (Å²) in [7, 11) is 0. The minimum absolute atomic E-state index is 0.237. The standard InChI is InChI=1S/C15H22FNO/c1-10-8-15(13(12(3)18)9-14(10)16)17-7-5-4-6-11(17)2/h8-9,11-12,18H,4-7H2,1-3H3/t11?,12-/m1/s1. The quantitative estimate of drug-likeness (QED) is 0.868. The first-order chi connectivity index (χ1) is 8.50. The third-order valence-corrected chi connectivity index (χ3v) is 3.87. The SMILES string of the molecule is Cc1cc(N2CCCCC2C)c([C@@H](C)O)cc1F. The van der Waals surface area contributed by atoms with Crippen molar-refractivity contribution in [2.24, 2.45) is 0 Å². The van der Waals surface area contributed by atoms with Crippen LogP contribution in [0.1, 0.15) is 50.3 Å². The molecule has 1 aliphatic rings. The highest BCUT2D eigenvalue weighted by Gasteiger charge is 2.23. The number of piperidine rings is 1. The van der Waals surface area contributed by atoms with Crippen molar-refractivity contribution in [1.82, 2.24) is 0 Å². The molecule has 1 N–H and O–H groups in total. The monoisotopic (exact) mass is 251 g/mol. The Balaban J connectivity index is 2.44. The van der Waals surface area contributed by atoms with Gasteiger partial charge in [-0.25, -0.2) is 4.39 Å². The van der Waals surface area contributed by atoms with Gasteiger partial charge in [-0.05, 0) is 57.7 Å². The molecule has 2 nitrogen and oxygen atoms in total. The van der Waals surface area contributed by atoms with Crippen LogP contribution in [-0.2, 0) is 0 Å². The van der Waals surface area contributed by atoms with Gasteiger partial charge in [0.1, 0.15) is 5.82 Å². The summed E-state index contributed by atoms with van der Waals surface area (Å²) in [5, 5.41) is 9.84. The van der Waals surface area contributed by atoms with Crippen LogP contribution in [0, 0.1) is 12.7 Å². The highest BCUT2D eigenvalue weighted by molar-refractivity contribution is 5.57. The Kier molecular flexibility index (Phi) is 3.91. The van der Waals surface area contributed by atoms with E-state index in [9.17, 15) is 9.50 Å². The van der Waals surface area contributed by atoms with Gasteiger partial charge in [0.15, 0.2) is 0 Å². The van der Waals surface area contributed by atoms with E-state index < -0.39 is 6.10 Å². The number of hydrogen-bond donors (Lipinski definition) is 1. The van der Waals surface area contributed by atoms with Crippen LogP contribution in [0.15, 0.2) is 12.1 Å². The number of nitrogens with zero attached hydrogens (tertiary/aromatic N) is 1. The second kappa shape index (κ2) is 5.27. The van der Waals surface area contributed by atoms with E-state index in [0.717, 1.165) is 18.7 Å². The number of halogens is 1. The lowest BCUT2D eigenvalue weighted by molar-refractivity contribution is 0.199. The maximum Gasteiger partial charge on any atom is 0.126 e. The van der Waals surface area contributed by atoms with Gasteiger partial charge in [-0.1, -0.05) is 0 Å². The summed E-state index contributed by atoms with van der Waals surface area (Å²) in [6, 6.07) is 3.82. The largest absolute Gasteiger partial charge is 0.389 e. The number of hydrogen-bond acceptors (Lipinski definition) is 2. The fourth-order valence-electron chi connectivity index (χ4n) is 2.72. The predicted molar refractivity (Wildman–Crippen MR) is 72.4 cm³/mol. The number of aliphatic hydroxyl groups is 1. The van der Waals surface area contributed by atoms with Crippen molar-refractivity contribution in [1.29, 1.82) is 0 Å². The van der Waals surface area contributed by atoms with Crippen LogP contribution >= 0.6 is 0 Å². The first kappa shape index (κ1) is 13.3. The van der Waals surface area contributed by atoms with E-state index in [1.165, 1.54) is 18.9 Å². The van der Waals surface area contributed by atoms with Crippen LogP contribution < -0.4 is 4.90 Å². The molecule has 1 saturated heterocycles. The lowest BCUT2D eigenvalue weighted by atomic mass is 9.98. The second-order valence-corrected chi connectivity index (χ2v) is 5.37. The first-order valence-corrected chi connectivity index (χ1v) is 6.75. The summed E-state index contributed by atoms with van der Waals surface area (Å²) < 4.78 is 13.7. The van der Waals surface area contributed by atoms with E-state index in [2.05, 4.69) is 11.8 Å². The topological polar surface area (TPSA) is 23.5 Å². The zero-order valence-electron chi connectivity index (χ0n) is 11.4. The van der Waals surface area contributed by atoms with Crippen molar-refractivity contribution in [3.8, 4) is 0 Å². The van der Waals surface area contributed by atoms with Crippen LogP contribution in [0.2, 0.25) is 0 Å². The maximum atomic E-state index is 13.7. The summed E-state index contributed by atoms with van der Waals surface area (Å²) in [5.74, 6) is -0.237. The van der Waals surface area contributed by atoms with Crippen molar-refractivity contribution >= 4 is 5.69 Å². The van der Waals surface area contributed by atoms with Gasteiger partial charge in [-0.2, -0.15) is 0 Å². The lowest BCUT2D eigenvalue weighted by Gasteiger charge is -2.37. The zero-order valence-corrected chi connectivity index (χ0v) is 11.4. The maximum absolute atomic E-state index is 13.7. The molecule has 1 aromatic carbocycles. The Hall–Kier alpha value is -1.09. The highest BCUT2D eigenvalue weighted by atomic mass is 19.1. The predicted octanol–water partition coefficient (Wildman–Crippen LogP) is 3.57. The van der Waals surface area contributed by atoms with Crippen LogP contribution in [0.25, 0.3) is 0 Å². The molecule has 0 bridgehead atoms.